The fourth-order valence-corrected chi connectivity index (χ4v) is 1.52. The van der Waals surface area contributed by atoms with Crippen molar-refractivity contribution in [3.63, 3.8) is 0 Å². The van der Waals surface area contributed by atoms with Gasteiger partial charge in [-0.15, -0.1) is 0 Å². The number of nitrogens with zero attached hydrogens (tertiary/aromatic N) is 1. The molecule has 4 nitrogen and oxygen atoms in total. The van der Waals surface area contributed by atoms with E-state index in [1.165, 1.54) is 4.90 Å². The molecule has 0 fully saturated rings. The summed E-state index contributed by atoms with van der Waals surface area (Å²) in [6, 6.07) is -0.362. The first-order chi connectivity index (χ1) is 7.04. The minimum Gasteiger partial charge on any atom is -0.354 e. The zero-order valence-corrected chi connectivity index (χ0v) is 10.1. The van der Waals surface area contributed by atoms with E-state index in [1.54, 1.807) is 7.05 Å². The summed E-state index contributed by atoms with van der Waals surface area (Å²) in [5.74, 6) is 0.0647. The second-order valence-corrected chi connectivity index (χ2v) is 4.10. The van der Waals surface area contributed by atoms with Gasteiger partial charge in [-0.2, -0.15) is 0 Å². The minimum atomic E-state index is -0.362. The minimum absolute atomic E-state index is 0.0620. The average Bonchev–Trinajstić information content (AvgIpc) is 2.17. The van der Waals surface area contributed by atoms with Crippen LogP contribution in [0.4, 0.5) is 0 Å². The van der Waals surface area contributed by atoms with Crippen LogP contribution in [0.15, 0.2) is 0 Å². The van der Waals surface area contributed by atoms with Gasteiger partial charge in [0.05, 0.1) is 0 Å². The molecule has 0 aromatic heterocycles. The third-order valence-corrected chi connectivity index (χ3v) is 2.33. The monoisotopic (exact) mass is 214 g/mol. The van der Waals surface area contributed by atoms with E-state index in [0.29, 0.717) is 13.0 Å². The van der Waals surface area contributed by atoms with Crippen molar-refractivity contribution in [2.24, 2.45) is 5.92 Å². The van der Waals surface area contributed by atoms with Crippen LogP contribution in [-0.2, 0) is 9.59 Å². The molecular weight excluding hydrogens is 192 g/mol. The van der Waals surface area contributed by atoms with E-state index in [9.17, 15) is 9.59 Å². The highest BCUT2D eigenvalue weighted by Crippen LogP contribution is 2.07. The first-order valence-corrected chi connectivity index (χ1v) is 5.49. The summed E-state index contributed by atoms with van der Waals surface area (Å²) < 4.78 is 0. The number of unbranched alkanes of at least 4 members (excludes halogenated alkanes) is 1. The van der Waals surface area contributed by atoms with E-state index in [0.717, 1.165) is 12.8 Å². The van der Waals surface area contributed by atoms with Crippen molar-refractivity contribution >= 4 is 12.3 Å². The zero-order valence-electron chi connectivity index (χ0n) is 10.1. The average molecular weight is 214 g/mol. The number of amides is 2. The second-order valence-electron chi connectivity index (χ2n) is 4.10. The number of hydrogen-bond donors (Lipinski definition) is 1. The molecule has 0 aliphatic rings. The third-order valence-electron chi connectivity index (χ3n) is 2.33. The van der Waals surface area contributed by atoms with Crippen LogP contribution < -0.4 is 5.32 Å². The molecule has 0 radical (unpaired) electrons. The Kier molecular flexibility index (Phi) is 6.75. The molecular formula is C11H22N2O2. The van der Waals surface area contributed by atoms with Gasteiger partial charge in [0.25, 0.3) is 0 Å². The van der Waals surface area contributed by atoms with Crippen molar-refractivity contribution in [1.82, 2.24) is 10.2 Å². The maximum atomic E-state index is 11.7. The Hall–Kier alpha value is -1.06. The molecule has 0 saturated carbocycles. The molecule has 0 aromatic carbocycles. The van der Waals surface area contributed by atoms with Crippen molar-refractivity contribution in [2.45, 2.75) is 39.7 Å². The fraction of sp³-hybridized carbons (Fsp3) is 0.818. The van der Waals surface area contributed by atoms with Crippen LogP contribution >= 0.6 is 0 Å². The van der Waals surface area contributed by atoms with Crippen molar-refractivity contribution in [2.75, 3.05) is 13.6 Å². The van der Waals surface area contributed by atoms with Crippen LogP contribution in [0.25, 0.3) is 0 Å². The molecule has 0 aromatic rings. The van der Waals surface area contributed by atoms with Gasteiger partial charge in [0.1, 0.15) is 6.04 Å². The van der Waals surface area contributed by atoms with Gasteiger partial charge >= 0.3 is 0 Å². The molecule has 15 heavy (non-hydrogen) atoms. The van der Waals surface area contributed by atoms with Gasteiger partial charge in [0.15, 0.2) is 0 Å². The summed E-state index contributed by atoms with van der Waals surface area (Å²) in [5.41, 5.74) is 0. The maximum Gasteiger partial charge on any atom is 0.243 e. The normalized spacial score (nSPS) is 12.3. The molecule has 0 heterocycles. The number of nitrogens with one attached hydrogen (secondary N) is 1. The number of carbonyl (C=O) groups excluding carboxylic acids is 2. The molecule has 0 unspecified atom stereocenters. The van der Waals surface area contributed by atoms with Gasteiger partial charge in [-0.3, -0.25) is 9.59 Å². The molecule has 0 bridgehead atoms. The van der Waals surface area contributed by atoms with Gasteiger partial charge in [-0.1, -0.05) is 27.2 Å². The van der Waals surface area contributed by atoms with E-state index >= 15 is 0 Å². The molecule has 88 valence electrons. The fourth-order valence-electron chi connectivity index (χ4n) is 1.52. The largest absolute Gasteiger partial charge is 0.354 e. The van der Waals surface area contributed by atoms with Gasteiger partial charge in [-0.25, -0.2) is 0 Å². The van der Waals surface area contributed by atoms with Crippen LogP contribution in [0.2, 0.25) is 0 Å². The lowest BCUT2D eigenvalue weighted by molar-refractivity contribution is -0.133. The maximum absolute atomic E-state index is 11.7. The lowest BCUT2D eigenvalue weighted by Crippen LogP contribution is -2.47. The number of rotatable bonds is 7. The van der Waals surface area contributed by atoms with Crippen molar-refractivity contribution in [1.29, 1.82) is 0 Å². The van der Waals surface area contributed by atoms with Crippen LogP contribution in [0.5, 0.6) is 0 Å². The van der Waals surface area contributed by atoms with Crippen LogP contribution in [0.1, 0.15) is 33.6 Å². The van der Waals surface area contributed by atoms with Crippen LogP contribution in [0, 0.1) is 5.92 Å². The Labute approximate surface area is 92.0 Å². The highest BCUT2D eigenvalue weighted by atomic mass is 16.2. The highest BCUT2D eigenvalue weighted by molar-refractivity contribution is 5.83. The Balaban J connectivity index is 4.23. The van der Waals surface area contributed by atoms with Gasteiger partial charge in [0.2, 0.25) is 12.3 Å². The van der Waals surface area contributed by atoms with Gasteiger partial charge < -0.3 is 10.2 Å². The zero-order chi connectivity index (χ0) is 11.8. The first-order valence-electron chi connectivity index (χ1n) is 5.49. The van der Waals surface area contributed by atoms with Gasteiger partial charge in [-0.05, 0) is 12.3 Å². The molecule has 1 atom stereocenters. The summed E-state index contributed by atoms with van der Waals surface area (Å²) in [6.45, 7) is 6.63. The number of hydrogen-bond acceptors (Lipinski definition) is 2. The number of likely N-dealkylation sites (N-methyl/N-ethyl adjacent to an activating group) is 1. The summed E-state index contributed by atoms with van der Waals surface area (Å²) in [6.07, 6.45) is 2.72. The van der Waals surface area contributed by atoms with E-state index in [2.05, 4.69) is 12.2 Å². The topological polar surface area (TPSA) is 49.4 Å². The second kappa shape index (κ2) is 7.26. The van der Waals surface area contributed by atoms with Crippen molar-refractivity contribution < 1.29 is 9.59 Å². The van der Waals surface area contributed by atoms with E-state index in [-0.39, 0.29) is 17.9 Å². The van der Waals surface area contributed by atoms with Crippen molar-refractivity contribution in [3.05, 3.63) is 0 Å². The molecule has 0 aliphatic heterocycles. The van der Waals surface area contributed by atoms with Gasteiger partial charge in [0, 0.05) is 13.6 Å². The lowest BCUT2D eigenvalue weighted by atomic mass is 10.0. The Bertz CT molecular complexity index is 205. The van der Waals surface area contributed by atoms with Crippen molar-refractivity contribution in [3.8, 4) is 0 Å². The predicted molar refractivity (Wildman–Crippen MR) is 60.4 cm³/mol. The predicted octanol–water partition coefficient (Wildman–Crippen LogP) is 1.02. The van der Waals surface area contributed by atoms with E-state index < -0.39 is 0 Å². The standard InChI is InChI=1S/C11H22N2O2/c1-5-6-7-12-11(15)10(9(2)3)13(4)8-14/h8-10H,5-7H2,1-4H3,(H,12,15)/t10-/m0/s1. The molecule has 0 spiro atoms. The molecule has 0 aliphatic carbocycles. The highest BCUT2D eigenvalue weighted by Gasteiger charge is 2.25. The molecule has 2 amide bonds. The Morgan fingerprint density at radius 2 is 2.07 bits per heavy atom. The lowest BCUT2D eigenvalue weighted by Gasteiger charge is -2.26. The van der Waals surface area contributed by atoms with Crippen LogP contribution in [-0.4, -0.2) is 36.9 Å². The Morgan fingerprint density at radius 1 is 1.47 bits per heavy atom. The Morgan fingerprint density at radius 3 is 2.47 bits per heavy atom. The summed E-state index contributed by atoms with van der Waals surface area (Å²) >= 11 is 0. The summed E-state index contributed by atoms with van der Waals surface area (Å²) in [7, 11) is 1.64. The van der Waals surface area contributed by atoms with E-state index in [1.807, 2.05) is 13.8 Å². The smallest absolute Gasteiger partial charge is 0.243 e. The molecule has 0 saturated heterocycles. The molecule has 1 N–H and O–H groups in total. The molecule has 4 heteroatoms. The summed E-state index contributed by atoms with van der Waals surface area (Å²) in [5, 5.41) is 2.84. The number of carbonyl (C=O) groups is 2. The quantitative estimate of drug-likeness (QED) is 0.508. The summed E-state index contributed by atoms with van der Waals surface area (Å²) in [4.78, 5) is 23.8. The van der Waals surface area contributed by atoms with Crippen LogP contribution in [0.3, 0.4) is 0 Å². The van der Waals surface area contributed by atoms with E-state index in [4.69, 9.17) is 0 Å². The third kappa shape index (κ3) is 4.81. The first kappa shape index (κ1) is 13.9. The molecule has 0 rings (SSSR count). The SMILES string of the molecule is CCCCNC(=O)[C@H](C(C)C)N(C)C=O.